The number of aliphatic hydroxyl groups excluding tert-OH is 3. The van der Waals surface area contributed by atoms with E-state index in [2.05, 4.69) is 38.3 Å². The molecule has 0 amide bonds. The van der Waals surface area contributed by atoms with Crippen molar-refractivity contribution in [2.45, 2.75) is 43.8 Å². The van der Waals surface area contributed by atoms with Crippen molar-refractivity contribution in [2.24, 2.45) is 0 Å². The average Bonchev–Trinajstić information content (AvgIpc) is 3.23. The summed E-state index contributed by atoms with van der Waals surface area (Å²) < 4.78 is 6.99. The van der Waals surface area contributed by atoms with Gasteiger partial charge in [0, 0.05) is 12.8 Å². The Morgan fingerprint density at radius 1 is 1.32 bits per heavy atom. The Labute approximate surface area is 160 Å². The molecule has 3 rings (SSSR count). The van der Waals surface area contributed by atoms with Gasteiger partial charge in [-0.2, -0.15) is 10.2 Å². The van der Waals surface area contributed by atoms with Crippen LogP contribution < -0.4 is 5.48 Å². The first-order valence-corrected chi connectivity index (χ1v) is 8.62. The molecule has 4 atom stereocenters. The second-order valence-electron chi connectivity index (χ2n) is 6.07. The SMILES string of the molecule is CONc1nc(C#CCCCC#N)nc2c1ncn2C1OC(CO)C(O)C1O. The second-order valence-corrected chi connectivity index (χ2v) is 6.07. The molecule has 0 saturated carbocycles. The van der Waals surface area contributed by atoms with Crippen molar-refractivity contribution in [2.75, 3.05) is 19.2 Å². The highest BCUT2D eigenvalue weighted by atomic mass is 16.6. The minimum absolute atomic E-state index is 0.192. The zero-order valence-corrected chi connectivity index (χ0v) is 15.1. The van der Waals surface area contributed by atoms with Gasteiger partial charge in [0.25, 0.3) is 0 Å². The van der Waals surface area contributed by atoms with Crippen LogP contribution in [0.5, 0.6) is 0 Å². The number of aromatic nitrogens is 4. The third-order valence-corrected chi connectivity index (χ3v) is 4.20. The van der Waals surface area contributed by atoms with Crippen LogP contribution in [0.2, 0.25) is 0 Å². The van der Waals surface area contributed by atoms with Gasteiger partial charge < -0.3 is 20.1 Å². The maximum Gasteiger partial charge on any atom is 0.209 e. The van der Waals surface area contributed by atoms with Gasteiger partial charge in [-0.05, 0) is 12.3 Å². The lowest BCUT2D eigenvalue weighted by molar-refractivity contribution is -0.0511. The van der Waals surface area contributed by atoms with E-state index < -0.39 is 31.1 Å². The Morgan fingerprint density at radius 2 is 2.14 bits per heavy atom. The second kappa shape index (κ2) is 8.93. The van der Waals surface area contributed by atoms with Crippen molar-refractivity contribution in [1.29, 1.82) is 5.26 Å². The molecule has 2 aromatic rings. The molecule has 11 heteroatoms. The smallest absolute Gasteiger partial charge is 0.209 e. The van der Waals surface area contributed by atoms with Gasteiger partial charge in [0.2, 0.25) is 5.82 Å². The summed E-state index contributed by atoms with van der Waals surface area (Å²) in [6, 6.07) is 2.05. The summed E-state index contributed by atoms with van der Waals surface area (Å²) in [6.07, 6.45) is -1.44. The Kier molecular flexibility index (Phi) is 6.36. The van der Waals surface area contributed by atoms with Crippen molar-refractivity contribution in [3.8, 4) is 17.9 Å². The van der Waals surface area contributed by atoms with Crippen LogP contribution >= 0.6 is 0 Å². The summed E-state index contributed by atoms with van der Waals surface area (Å²) in [5.41, 5.74) is 3.28. The predicted molar refractivity (Wildman–Crippen MR) is 95.3 cm³/mol. The normalized spacial score (nSPS) is 24.0. The summed E-state index contributed by atoms with van der Waals surface area (Å²) >= 11 is 0. The van der Waals surface area contributed by atoms with E-state index in [1.807, 2.05) is 0 Å². The van der Waals surface area contributed by atoms with E-state index in [1.54, 1.807) is 0 Å². The molecule has 148 valence electrons. The first-order valence-electron chi connectivity index (χ1n) is 8.62. The van der Waals surface area contributed by atoms with Gasteiger partial charge >= 0.3 is 0 Å². The fourth-order valence-corrected chi connectivity index (χ4v) is 2.83. The third-order valence-electron chi connectivity index (χ3n) is 4.20. The number of rotatable bonds is 6. The predicted octanol–water partition coefficient (Wildman–Crippen LogP) is -0.544. The van der Waals surface area contributed by atoms with Crippen molar-refractivity contribution >= 4 is 17.0 Å². The summed E-state index contributed by atoms with van der Waals surface area (Å²) in [6.45, 7) is -0.438. The molecular weight excluding hydrogens is 368 g/mol. The lowest BCUT2D eigenvalue weighted by Gasteiger charge is -2.16. The fraction of sp³-hybridized carbons (Fsp3) is 0.529. The van der Waals surface area contributed by atoms with E-state index in [1.165, 1.54) is 18.0 Å². The number of hydrogen-bond donors (Lipinski definition) is 4. The van der Waals surface area contributed by atoms with E-state index in [0.717, 1.165) is 0 Å². The molecule has 0 aliphatic carbocycles. The van der Waals surface area contributed by atoms with Gasteiger partial charge in [-0.15, -0.1) is 0 Å². The number of ether oxygens (including phenoxy) is 1. The zero-order valence-electron chi connectivity index (χ0n) is 15.1. The van der Waals surface area contributed by atoms with Crippen molar-refractivity contribution in [1.82, 2.24) is 19.5 Å². The molecule has 0 spiro atoms. The molecule has 11 nitrogen and oxygen atoms in total. The van der Waals surface area contributed by atoms with E-state index in [-0.39, 0.29) is 11.6 Å². The highest BCUT2D eigenvalue weighted by Crippen LogP contribution is 2.32. The minimum Gasteiger partial charge on any atom is -0.394 e. The zero-order chi connectivity index (χ0) is 20.1. The summed E-state index contributed by atoms with van der Waals surface area (Å²) in [5.74, 6) is 6.21. The molecular formula is C17H20N6O5. The van der Waals surface area contributed by atoms with Crippen LogP contribution in [0.4, 0.5) is 5.82 Å². The summed E-state index contributed by atoms with van der Waals surface area (Å²) in [4.78, 5) is 17.8. The Hall–Kier alpha value is -2.80. The fourth-order valence-electron chi connectivity index (χ4n) is 2.83. The van der Waals surface area contributed by atoms with E-state index >= 15 is 0 Å². The van der Waals surface area contributed by atoms with Gasteiger partial charge in [-0.25, -0.2) is 15.4 Å². The molecule has 3 heterocycles. The van der Waals surface area contributed by atoms with Gasteiger partial charge in [0.15, 0.2) is 23.2 Å². The number of anilines is 1. The molecule has 1 fully saturated rings. The summed E-state index contributed by atoms with van der Waals surface area (Å²) in [5, 5.41) is 38.1. The molecule has 1 aliphatic heterocycles. The highest BCUT2D eigenvalue weighted by Gasteiger charge is 2.44. The van der Waals surface area contributed by atoms with E-state index in [0.29, 0.717) is 30.4 Å². The lowest BCUT2D eigenvalue weighted by atomic mass is 10.1. The number of hydrogen-bond acceptors (Lipinski definition) is 10. The minimum atomic E-state index is -1.27. The van der Waals surface area contributed by atoms with Gasteiger partial charge in [-0.1, -0.05) is 5.92 Å². The molecule has 2 aromatic heterocycles. The highest BCUT2D eigenvalue weighted by molar-refractivity contribution is 5.83. The third kappa shape index (κ3) is 3.89. The Balaban J connectivity index is 1.98. The first kappa shape index (κ1) is 19.9. The van der Waals surface area contributed by atoms with E-state index in [9.17, 15) is 15.3 Å². The summed E-state index contributed by atoms with van der Waals surface area (Å²) in [7, 11) is 1.42. The first-order chi connectivity index (χ1) is 13.6. The number of unbranched alkanes of at least 4 members (excludes halogenated alkanes) is 2. The van der Waals surface area contributed by atoms with Crippen LogP contribution in [-0.4, -0.2) is 66.9 Å². The topological polar surface area (TPSA) is 159 Å². The molecule has 4 unspecified atom stereocenters. The van der Waals surface area contributed by atoms with Crippen molar-refractivity contribution < 1.29 is 24.9 Å². The van der Waals surface area contributed by atoms with E-state index in [4.69, 9.17) is 14.8 Å². The monoisotopic (exact) mass is 388 g/mol. The Morgan fingerprint density at radius 3 is 2.82 bits per heavy atom. The average molecular weight is 388 g/mol. The maximum absolute atomic E-state index is 10.3. The van der Waals surface area contributed by atoms with Crippen molar-refractivity contribution in [3.05, 3.63) is 12.2 Å². The van der Waals surface area contributed by atoms with Crippen LogP contribution in [-0.2, 0) is 9.57 Å². The molecule has 1 saturated heterocycles. The number of fused-ring (bicyclic) bond motifs is 1. The van der Waals surface area contributed by atoms with Crippen LogP contribution in [0.15, 0.2) is 6.33 Å². The molecule has 0 radical (unpaired) electrons. The van der Waals surface area contributed by atoms with Crippen LogP contribution in [0.3, 0.4) is 0 Å². The van der Waals surface area contributed by atoms with Gasteiger partial charge in [-0.3, -0.25) is 9.40 Å². The number of nitrogens with one attached hydrogen (secondary N) is 1. The van der Waals surface area contributed by atoms with Gasteiger partial charge in [0.05, 0.1) is 26.1 Å². The van der Waals surface area contributed by atoms with Crippen molar-refractivity contribution in [3.63, 3.8) is 0 Å². The molecule has 0 aromatic carbocycles. The van der Waals surface area contributed by atoms with Crippen LogP contribution in [0.1, 0.15) is 31.3 Å². The van der Waals surface area contributed by atoms with Crippen LogP contribution in [0.25, 0.3) is 11.2 Å². The maximum atomic E-state index is 10.3. The lowest BCUT2D eigenvalue weighted by Crippen LogP contribution is -2.33. The molecule has 4 N–H and O–H groups in total. The number of aliphatic hydroxyl groups is 3. The number of imidazole rings is 1. The van der Waals surface area contributed by atoms with Gasteiger partial charge in [0.1, 0.15) is 18.3 Å². The molecule has 28 heavy (non-hydrogen) atoms. The van der Waals surface area contributed by atoms with Crippen LogP contribution in [0, 0.1) is 23.2 Å². The number of nitriles is 1. The largest absolute Gasteiger partial charge is 0.394 e. The Bertz CT molecular complexity index is 930. The standard InChI is InChI=1S/C17H20N6O5/c1-27-22-15-12-16(21-11(20-15)6-4-2-3-5-7-18)23(9-19-12)17-14(26)13(25)10(8-24)28-17/h9-10,13-14,17,24-26H,2-3,5,8H2,1H3,(H,20,21,22). The molecule has 1 aliphatic rings. The quantitative estimate of drug-likeness (QED) is 0.287. The number of nitrogens with zero attached hydrogens (tertiary/aromatic N) is 5. The molecule has 0 bridgehead atoms.